The number of rotatable bonds is 9. The second-order valence-corrected chi connectivity index (χ2v) is 7.89. The predicted octanol–water partition coefficient (Wildman–Crippen LogP) is 5.70. The third-order valence-electron chi connectivity index (χ3n) is 4.22. The zero-order valence-corrected chi connectivity index (χ0v) is 18.5. The third-order valence-corrected chi connectivity index (χ3v) is 5.88. The molecule has 0 bridgehead atoms. The van der Waals surface area contributed by atoms with Gasteiger partial charge in [0.1, 0.15) is 0 Å². The molecule has 6 nitrogen and oxygen atoms in total. The minimum Gasteiger partial charge on any atom is -0.372 e. The van der Waals surface area contributed by atoms with Crippen molar-refractivity contribution in [2.45, 2.75) is 24.8 Å². The van der Waals surface area contributed by atoms with Gasteiger partial charge in [-0.1, -0.05) is 53.2 Å². The van der Waals surface area contributed by atoms with Crippen LogP contribution >= 0.6 is 35.0 Å². The maximum Gasteiger partial charge on any atom is 0.240 e. The molecule has 0 aliphatic carbocycles. The number of thioether (sulfide) groups is 1. The first-order valence-electron chi connectivity index (χ1n) is 9.22. The first kappa shape index (κ1) is 21.5. The van der Waals surface area contributed by atoms with E-state index in [1.807, 2.05) is 24.3 Å². The molecule has 3 aromatic rings. The van der Waals surface area contributed by atoms with Crippen molar-refractivity contribution in [3.8, 4) is 0 Å². The topological polar surface area (TPSA) is 69.2 Å². The summed E-state index contributed by atoms with van der Waals surface area (Å²) >= 11 is 13.5. The molecule has 2 N–H and O–H groups in total. The lowest BCUT2D eigenvalue weighted by Gasteiger charge is -2.20. The summed E-state index contributed by atoms with van der Waals surface area (Å²) < 4.78 is 0. The molecule has 2 aromatic carbocycles. The molecule has 0 saturated carbocycles. The Labute approximate surface area is 184 Å². The maximum absolute atomic E-state index is 6.04. The Bertz CT molecular complexity index is 954. The number of benzene rings is 2. The summed E-state index contributed by atoms with van der Waals surface area (Å²) in [5.41, 5.74) is 6.13. The molecule has 1 aromatic heterocycles. The van der Waals surface area contributed by atoms with Gasteiger partial charge in [0.05, 0.1) is 16.3 Å². The fourth-order valence-corrected chi connectivity index (χ4v) is 3.73. The standard InChI is InChI=1S/C20H22Cl2N6S/c1-3-28(4-2)16-8-5-14(6-9-16)12-23-25-19-24-20(27-26-19)29-13-15-7-10-17(21)18(22)11-15/h5-12H,3-4,13H2,1-2H3,(H2,24,25,26,27)/b23-12+. The highest BCUT2D eigenvalue weighted by molar-refractivity contribution is 7.98. The Morgan fingerprint density at radius 3 is 2.55 bits per heavy atom. The van der Waals surface area contributed by atoms with Crippen molar-refractivity contribution in [2.24, 2.45) is 5.10 Å². The number of hydrogen-bond donors (Lipinski definition) is 2. The van der Waals surface area contributed by atoms with Crippen LogP contribution in [0.2, 0.25) is 10.0 Å². The van der Waals surface area contributed by atoms with Crippen LogP contribution in [0.25, 0.3) is 0 Å². The van der Waals surface area contributed by atoms with Crippen molar-refractivity contribution in [1.82, 2.24) is 15.2 Å². The van der Waals surface area contributed by atoms with Gasteiger partial charge in [-0.3, -0.25) is 0 Å². The Balaban J connectivity index is 1.51. The molecule has 0 radical (unpaired) electrons. The number of aromatic amines is 1. The van der Waals surface area contributed by atoms with E-state index < -0.39 is 0 Å². The van der Waals surface area contributed by atoms with Crippen molar-refractivity contribution < 1.29 is 0 Å². The fourth-order valence-electron chi connectivity index (χ4n) is 2.67. The van der Waals surface area contributed by atoms with Crippen LogP contribution in [0, 0.1) is 0 Å². The highest BCUT2D eigenvalue weighted by Crippen LogP contribution is 2.26. The minimum atomic E-state index is 0.484. The van der Waals surface area contributed by atoms with E-state index in [1.54, 1.807) is 12.3 Å². The Kier molecular flexibility index (Phi) is 7.80. The van der Waals surface area contributed by atoms with E-state index in [4.69, 9.17) is 23.2 Å². The smallest absolute Gasteiger partial charge is 0.240 e. The zero-order valence-electron chi connectivity index (χ0n) is 16.2. The first-order chi connectivity index (χ1) is 14.1. The number of hydrogen-bond acceptors (Lipinski definition) is 6. The molecule has 0 aliphatic heterocycles. The molecule has 0 spiro atoms. The second-order valence-electron chi connectivity index (χ2n) is 6.14. The average Bonchev–Trinajstić information content (AvgIpc) is 3.19. The molecule has 29 heavy (non-hydrogen) atoms. The Hall–Kier alpha value is -2.22. The molecule has 9 heteroatoms. The van der Waals surface area contributed by atoms with Crippen molar-refractivity contribution >= 4 is 52.8 Å². The summed E-state index contributed by atoms with van der Waals surface area (Å²) in [6, 6.07) is 13.8. The lowest BCUT2D eigenvalue weighted by molar-refractivity contribution is 0.866. The van der Waals surface area contributed by atoms with E-state index in [2.05, 4.69) is 56.6 Å². The predicted molar refractivity (Wildman–Crippen MR) is 124 cm³/mol. The van der Waals surface area contributed by atoms with Gasteiger partial charge in [0.15, 0.2) is 0 Å². The lowest BCUT2D eigenvalue weighted by atomic mass is 10.2. The van der Waals surface area contributed by atoms with Crippen molar-refractivity contribution in [3.05, 3.63) is 63.6 Å². The Morgan fingerprint density at radius 1 is 1.10 bits per heavy atom. The van der Waals surface area contributed by atoms with Crippen LogP contribution in [0.5, 0.6) is 0 Å². The van der Waals surface area contributed by atoms with Gasteiger partial charge in [0, 0.05) is 24.5 Å². The van der Waals surface area contributed by atoms with Crippen LogP contribution in [0.4, 0.5) is 11.6 Å². The van der Waals surface area contributed by atoms with Gasteiger partial charge in [-0.15, -0.1) is 5.10 Å². The number of aromatic nitrogens is 3. The zero-order chi connectivity index (χ0) is 20.6. The number of hydrazone groups is 1. The van der Waals surface area contributed by atoms with Gasteiger partial charge in [0.2, 0.25) is 11.1 Å². The van der Waals surface area contributed by atoms with E-state index in [-0.39, 0.29) is 0 Å². The Morgan fingerprint density at radius 2 is 1.86 bits per heavy atom. The van der Waals surface area contributed by atoms with E-state index in [1.165, 1.54) is 17.4 Å². The average molecular weight is 449 g/mol. The molecular weight excluding hydrogens is 427 g/mol. The van der Waals surface area contributed by atoms with Gasteiger partial charge in [-0.25, -0.2) is 10.5 Å². The van der Waals surface area contributed by atoms with Gasteiger partial charge < -0.3 is 4.90 Å². The lowest BCUT2D eigenvalue weighted by Crippen LogP contribution is -2.21. The molecular formula is C20H22Cl2N6S. The third kappa shape index (κ3) is 6.13. The van der Waals surface area contributed by atoms with E-state index in [0.717, 1.165) is 24.2 Å². The van der Waals surface area contributed by atoms with E-state index >= 15 is 0 Å². The number of halogens is 2. The molecule has 0 atom stereocenters. The molecule has 0 aliphatic rings. The van der Waals surface area contributed by atoms with Crippen LogP contribution in [0.15, 0.2) is 52.7 Å². The summed E-state index contributed by atoms with van der Waals surface area (Å²) in [4.78, 5) is 6.66. The van der Waals surface area contributed by atoms with E-state index in [0.29, 0.717) is 26.9 Å². The van der Waals surface area contributed by atoms with Crippen LogP contribution < -0.4 is 10.3 Å². The highest BCUT2D eigenvalue weighted by Gasteiger charge is 2.05. The number of anilines is 2. The number of nitrogens with one attached hydrogen (secondary N) is 2. The maximum atomic E-state index is 6.04. The summed E-state index contributed by atoms with van der Waals surface area (Å²) in [5, 5.41) is 12.9. The van der Waals surface area contributed by atoms with Gasteiger partial charge in [-0.2, -0.15) is 10.1 Å². The normalized spacial score (nSPS) is 11.2. The summed E-state index contributed by atoms with van der Waals surface area (Å²) in [5.74, 6) is 1.17. The highest BCUT2D eigenvalue weighted by atomic mass is 35.5. The SMILES string of the molecule is CCN(CC)c1ccc(/C=N/Nc2nc(SCc3ccc(Cl)c(Cl)c3)n[nH]2)cc1. The summed E-state index contributed by atoms with van der Waals surface area (Å²) in [7, 11) is 0. The minimum absolute atomic E-state index is 0.484. The molecule has 3 rings (SSSR count). The van der Waals surface area contributed by atoms with Gasteiger partial charge in [-0.05, 0) is 49.2 Å². The van der Waals surface area contributed by atoms with E-state index in [9.17, 15) is 0 Å². The number of nitrogens with zero attached hydrogens (tertiary/aromatic N) is 4. The quantitative estimate of drug-likeness (QED) is 0.249. The van der Waals surface area contributed by atoms with Crippen LogP contribution in [0.1, 0.15) is 25.0 Å². The fraction of sp³-hybridized carbons (Fsp3) is 0.250. The van der Waals surface area contributed by atoms with Crippen molar-refractivity contribution in [1.29, 1.82) is 0 Å². The molecule has 0 saturated heterocycles. The summed E-state index contributed by atoms with van der Waals surface area (Å²) in [6.07, 6.45) is 1.75. The van der Waals surface area contributed by atoms with Crippen LogP contribution in [0.3, 0.4) is 0 Å². The monoisotopic (exact) mass is 448 g/mol. The molecule has 0 unspecified atom stereocenters. The number of H-pyrrole nitrogens is 1. The van der Waals surface area contributed by atoms with Gasteiger partial charge in [0.25, 0.3) is 0 Å². The first-order valence-corrected chi connectivity index (χ1v) is 11.0. The van der Waals surface area contributed by atoms with Crippen LogP contribution in [-0.4, -0.2) is 34.5 Å². The van der Waals surface area contributed by atoms with Crippen LogP contribution in [-0.2, 0) is 5.75 Å². The molecule has 0 fully saturated rings. The largest absolute Gasteiger partial charge is 0.372 e. The molecule has 1 heterocycles. The van der Waals surface area contributed by atoms with Crippen molar-refractivity contribution in [2.75, 3.05) is 23.4 Å². The second kappa shape index (κ2) is 10.5. The van der Waals surface area contributed by atoms with Gasteiger partial charge >= 0.3 is 0 Å². The summed E-state index contributed by atoms with van der Waals surface area (Å²) in [6.45, 7) is 6.28. The molecule has 0 amide bonds. The molecule has 152 valence electrons. The van der Waals surface area contributed by atoms with Crippen molar-refractivity contribution in [3.63, 3.8) is 0 Å².